The van der Waals surface area contributed by atoms with Gasteiger partial charge in [0.2, 0.25) is 5.91 Å². The van der Waals surface area contributed by atoms with E-state index in [4.69, 9.17) is 13.9 Å². The molecule has 0 aliphatic rings. The van der Waals surface area contributed by atoms with Gasteiger partial charge in [0.1, 0.15) is 22.8 Å². The van der Waals surface area contributed by atoms with Gasteiger partial charge in [0, 0.05) is 23.1 Å². The lowest BCUT2D eigenvalue weighted by Crippen LogP contribution is -2.08. The number of fused-ring (bicyclic) bond motifs is 2. The van der Waals surface area contributed by atoms with E-state index in [2.05, 4.69) is 10.3 Å². The molecule has 2 aromatic heterocycles. The monoisotopic (exact) mass is 436 g/mol. The summed E-state index contributed by atoms with van der Waals surface area (Å²) in [4.78, 5) is 17.2. The van der Waals surface area contributed by atoms with Gasteiger partial charge in [-0.15, -0.1) is 0 Å². The smallest absolute Gasteiger partial charge is 0.250 e. The zero-order chi connectivity index (χ0) is 22.1. The van der Waals surface area contributed by atoms with E-state index in [-0.39, 0.29) is 5.91 Å². The van der Waals surface area contributed by atoms with Gasteiger partial charge in [-0.2, -0.15) is 0 Å². The topological polar surface area (TPSA) is 73.6 Å². The van der Waals surface area contributed by atoms with Crippen LogP contribution in [0.2, 0.25) is 0 Å². The van der Waals surface area contributed by atoms with Crippen molar-refractivity contribution < 1.29 is 18.7 Å². The number of aryl methyl sites for hydroxylation is 2. The van der Waals surface area contributed by atoms with Gasteiger partial charge in [-0.05, 0) is 63.1 Å². The van der Waals surface area contributed by atoms with Gasteiger partial charge >= 0.3 is 0 Å². The summed E-state index contributed by atoms with van der Waals surface area (Å²) < 4.78 is 17.8. The number of ether oxygens (including phenoxy) is 2. The Hall–Kier alpha value is -3.32. The van der Waals surface area contributed by atoms with Crippen molar-refractivity contribution in [3.8, 4) is 11.5 Å². The van der Waals surface area contributed by atoms with E-state index in [1.165, 1.54) is 11.3 Å². The number of thiazole rings is 1. The van der Waals surface area contributed by atoms with Crippen LogP contribution in [0.5, 0.6) is 11.5 Å². The van der Waals surface area contributed by atoms with Crippen molar-refractivity contribution in [2.45, 2.75) is 27.7 Å². The molecular formula is C24H24N2O4S. The van der Waals surface area contributed by atoms with Gasteiger partial charge in [-0.25, -0.2) is 4.98 Å². The summed E-state index contributed by atoms with van der Waals surface area (Å²) >= 11 is 1.41. The highest BCUT2D eigenvalue weighted by Crippen LogP contribution is 2.35. The third-order valence-corrected chi connectivity index (χ3v) is 6.10. The fourth-order valence-corrected chi connectivity index (χ4v) is 4.37. The van der Waals surface area contributed by atoms with Gasteiger partial charge in [0.05, 0.1) is 23.9 Å². The van der Waals surface area contributed by atoms with Crippen molar-refractivity contribution in [2.75, 3.05) is 19.0 Å². The number of rotatable bonds is 6. The number of nitrogens with one attached hydrogen (secondary N) is 1. The number of carbonyl (C=O) groups excluding carboxylic acids is 1. The van der Waals surface area contributed by atoms with Gasteiger partial charge in [-0.3, -0.25) is 10.1 Å². The van der Waals surface area contributed by atoms with Crippen molar-refractivity contribution >= 4 is 49.1 Å². The second kappa shape index (κ2) is 8.43. The fourth-order valence-electron chi connectivity index (χ4n) is 3.48. The normalized spacial score (nSPS) is 11.8. The van der Waals surface area contributed by atoms with Crippen molar-refractivity contribution in [3.63, 3.8) is 0 Å². The van der Waals surface area contributed by atoms with E-state index < -0.39 is 0 Å². The second-order valence-corrected chi connectivity index (χ2v) is 8.26. The number of anilines is 1. The maximum atomic E-state index is 12.7. The maximum absolute atomic E-state index is 12.7. The molecule has 1 N–H and O–H groups in total. The number of benzene rings is 2. The van der Waals surface area contributed by atoms with Crippen molar-refractivity contribution in [1.29, 1.82) is 0 Å². The molecule has 1 amide bonds. The number of aromatic nitrogens is 1. The molecule has 31 heavy (non-hydrogen) atoms. The second-order valence-electron chi connectivity index (χ2n) is 7.23. The van der Waals surface area contributed by atoms with E-state index >= 15 is 0 Å². The molecule has 0 saturated carbocycles. The SMILES string of the molecule is CCOc1ccc2nc(NC(=O)/C=C(\C)c3cc4c(C)c(C)oc4cc3OC)sc2c1. The van der Waals surface area contributed by atoms with Crippen molar-refractivity contribution in [2.24, 2.45) is 0 Å². The quantitative estimate of drug-likeness (QED) is 0.369. The van der Waals surface area contributed by atoms with Gasteiger partial charge < -0.3 is 13.9 Å². The van der Waals surface area contributed by atoms with Crippen LogP contribution in [0.3, 0.4) is 0 Å². The predicted molar refractivity (Wildman–Crippen MR) is 125 cm³/mol. The van der Waals surface area contributed by atoms with Gasteiger partial charge in [0.25, 0.3) is 0 Å². The van der Waals surface area contributed by atoms with Crippen LogP contribution in [0.4, 0.5) is 5.13 Å². The molecule has 0 aliphatic carbocycles. The molecule has 0 bridgehead atoms. The number of carbonyl (C=O) groups is 1. The number of nitrogens with zero attached hydrogens (tertiary/aromatic N) is 1. The fraction of sp³-hybridized carbons (Fsp3) is 0.250. The van der Waals surface area contributed by atoms with Crippen LogP contribution in [-0.4, -0.2) is 24.6 Å². The standard InChI is InChI=1S/C24H24N2O4S/c1-6-29-16-7-8-19-22(10-16)31-24(25-19)26-23(27)9-13(2)17-11-18-14(3)15(4)30-21(18)12-20(17)28-5/h7-12H,6H2,1-5H3,(H,25,26,27)/b13-9+. The molecule has 0 unspecified atom stereocenters. The van der Waals surface area contributed by atoms with E-state index in [1.54, 1.807) is 13.2 Å². The average Bonchev–Trinajstić information content (AvgIpc) is 3.26. The molecule has 0 radical (unpaired) electrons. The Labute approximate surface area is 184 Å². The molecule has 160 valence electrons. The van der Waals surface area contributed by atoms with Crippen LogP contribution in [0, 0.1) is 13.8 Å². The molecule has 6 nitrogen and oxygen atoms in total. The molecule has 2 heterocycles. The van der Waals surface area contributed by atoms with E-state index in [9.17, 15) is 4.79 Å². The lowest BCUT2D eigenvalue weighted by molar-refractivity contribution is -0.111. The summed E-state index contributed by atoms with van der Waals surface area (Å²) in [5.74, 6) is 2.08. The first-order valence-electron chi connectivity index (χ1n) is 10.0. The first-order chi connectivity index (χ1) is 14.9. The first-order valence-corrected chi connectivity index (χ1v) is 10.8. The van der Waals surface area contributed by atoms with E-state index in [0.29, 0.717) is 17.5 Å². The highest BCUT2D eigenvalue weighted by atomic mass is 32.1. The van der Waals surface area contributed by atoms with Crippen molar-refractivity contribution in [3.05, 3.63) is 53.3 Å². The van der Waals surface area contributed by atoms with Crippen LogP contribution in [-0.2, 0) is 4.79 Å². The summed E-state index contributed by atoms with van der Waals surface area (Å²) in [6, 6.07) is 9.57. The van der Waals surface area contributed by atoms with Gasteiger partial charge in [0.15, 0.2) is 5.13 Å². The Bertz CT molecular complexity index is 1320. The van der Waals surface area contributed by atoms with Crippen LogP contribution in [0.25, 0.3) is 26.8 Å². The number of amides is 1. The first kappa shape index (κ1) is 20.9. The zero-order valence-corrected chi connectivity index (χ0v) is 19.0. The van der Waals surface area contributed by atoms with Gasteiger partial charge in [-0.1, -0.05) is 11.3 Å². The molecule has 4 aromatic rings. The third-order valence-electron chi connectivity index (χ3n) is 5.17. The minimum Gasteiger partial charge on any atom is -0.496 e. The molecule has 0 atom stereocenters. The molecule has 0 fully saturated rings. The lowest BCUT2D eigenvalue weighted by atomic mass is 10.0. The predicted octanol–water partition coefficient (Wildman–Crippen LogP) is 6.11. The summed E-state index contributed by atoms with van der Waals surface area (Å²) in [5, 5.41) is 4.42. The summed E-state index contributed by atoms with van der Waals surface area (Å²) in [6.45, 7) is 8.39. The highest BCUT2D eigenvalue weighted by molar-refractivity contribution is 7.22. The van der Waals surface area contributed by atoms with Crippen LogP contribution in [0.15, 0.2) is 40.8 Å². The number of hydrogen-bond acceptors (Lipinski definition) is 6. The molecule has 0 saturated heterocycles. The van der Waals surface area contributed by atoms with E-state index in [1.807, 2.05) is 58.0 Å². The Morgan fingerprint density at radius 2 is 2.06 bits per heavy atom. The molecule has 4 rings (SSSR count). The zero-order valence-electron chi connectivity index (χ0n) is 18.2. The molecular weight excluding hydrogens is 412 g/mol. The summed E-state index contributed by atoms with van der Waals surface area (Å²) in [5.41, 5.74) is 4.31. The largest absolute Gasteiger partial charge is 0.496 e. The Kier molecular flexibility index (Phi) is 5.69. The van der Waals surface area contributed by atoms with Crippen LogP contribution < -0.4 is 14.8 Å². The Morgan fingerprint density at radius 3 is 2.81 bits per heavy atom. The minimum atomic E-state index is -0.246. The number of furan rings is 1. The van der Waals surface area contributed by atoms with E-state index in [0.717, 1.165) is 49.4 Å². The molecule has 0 spiro atoms. The molecule has 2 aromatic carbocycles. The Balaban J connectivity index is 1.60. The molecule has 7 heteroatoms. The summed E-state index contributed by atoms with van der Waals surface area (Å²) in [7, 11) is 1.61. The molecule has 0 aliphatic heterocycles. The highest BCUT2D eigenvalue weighted by Gasteiger charge is 2.15. The number of methoxy groups -OCH3 is 1. The summed E-state index contributed by atoms with van der Waals surface area (Å²) in [6.07, 6.45) is 1.56. The minimum absolute atomic E-state index is 0.246. The van der Waals surface area contributed by atoms with Crippen LogP contribution in [0.1, 0.15) is 30.7 Å². The number of hydrogen-bond donors (Lipinski definition) is 1. The maximum Gasteiger partial charge on any atom is 0.250 e. The Morgan fingerprint density at radius 1 is 1.26 bits per heavy atom. The average molecular weight is 437 g/mol. The lowest BCUT2D eigenvalue weighted by Gasteiger charge is -2.09. The van der Waals surface area contributed by atoms with Crippen molar-refractivity contribution in [1.82, 2.24) is 4.98 Å². The van der Waals surface area contributed by atoms with Crippen LogP contribution >= 0.6 is 11.3 Å². The third kappa shape index (κ3) is 4.14. The number of allylic oxidation sites excluding steroid dienone is 1.